The van der Waals surface area contributed by atoms with Gasteiger partial charge in [-0.25, -0.2) is 4.79 Å². The van der Waals surface area contributed by atoms with Crippen LogP contribution in [-0.2, 0) is 17.6 Å². The van der Waals surface area contributed by atoms with Crippen molar-refractivity contribution in [3.05, 3.63) is 53.0 Å². The van der Waals surface area contributed by atoms with E-state index in [1.807, 2.05) is 13.0 Å². The Kier molecular flexibility index (Phi) is 5.05. The molecule has 0 fully saturated rings. The number of carbonyl (C=O) groups is 2. The van der Waals surface area contributed by atoms with Gasteiger partial charge in [0.25, 0.3) is 0 Å². The molecule has 0 saturated carbocycles. The summed E-state index contributed by atoms with van der Waals surface area (Å²) in [5, 5.41) is 18.3. The van der Waals surface area contributed by atoms with Crippen molar-refractivity contribution in [2.45, 2.75) is 25.7 Å². The number of furan rings is 1. The van der Waals surface area contributed by atoms with Gasteiger partial charge in [0.15, 0.2) is 0 Å². The Morgan fingerprint density at radius 2 is 1.96 bits per heavy atom. The summed E-state index contributed by atoms with van der Waals surface area (Å²) < 4.78 is 10.4. The number of carboxylic acids is 2. The first-order chi connectivity index (χ1) is 11.0. The van der Waals surface area contributed by atoms with Gasteiger partial charge < -0.3 is 19.4 Å². The van der Waals surface area contributed by atoms with E-state index in [0.29, 0.717) is 0 Å². The molecule has 2 N–H and O–H groups in total. The number of aliphatic carboxylic acids is 1. The highest BCUT2D eigenvalue weighted by atomic mass is 16.5. The van der Waals surface area contributed by atoms with Crippen molar-refractivity contribution in [2.24, 2.45) is 0 Å². The number of aryl methyl sites for hydroxylation is 1. The van der Waals surface area contributed by atoms with Crippen LogP contribution in [-0.4, -0.2) is 29.3 Å². The second-order valence-electron chi connectivity index (χ2n) is 5.10. The van der Waals surface area contributed by atoms with Crippen molar-refractivity contribution in [3.8, 4) is 5.75 Å². The van der Waals surface area contributed by atoms with Crippen LogP contribution in [0.15, 0.2) is 34.7 Å². The lowest BCUT2D eigenvalue weighted by Crippen LogP contribution is -2.14. The summed E-state index contributed by atoms with van der Waals surface area (Å²) in [6.07, 6.45) is 0.970. The van der Waals surface area contributed by atoms with E-state index in [4.69, 9.17) is 14.3 Å². The molecule has 1 aromatic heterocycles. The van der Waals surface area contributed by atoms with Gasteiger partial charge >= 0.3 is 11.9 Å². The topological polar surface area (TPSA) is 97.0 Å². The van der Waals surface area contributed by atoms with Crippen LogP contribution < -0.4 is 4.74 Å². The maximum absolute atomic E-state index is 11.5. The number of carboxylic acid groups (broad SMARTS) is 2. The number of rotatable bonds is 7. The van der Waals surface area contributed by atoms with Crippen LogP contribution in [0, 0.1) is 0 Å². The van der Waals surface area contributed by atoms with E-state index in [0.717, 1.165) is 23.3 Å². The van der Waals surface area contributed by atoms with Crippen LogP contribution in [0.25, 0.3) is 0 Å². The smallest absolute Gasteiger partial charge is 0.371 e. The number of aromatic carboxylic acids is 1. The summed E-state index contributed by atoms with van der Waals surface area (Å²) >= 11 is 0. The second-order valence-corrected chi connectivity index (χ2v) is 5.10. The van der Waals surface area contributed by atoms with E-state index in [-0.39, 0.29) is 17.9 Å². The Balaban J connectivity index is 2.29. The van der Waals surface area contributed by atoms with Gasteiger partial charge in [0.1, 0.15) is 17.4 Å². The highest BCUT2D eigenvalue weighted by molar-refractivity contribution is 5.84. The first-order valence-corrected chi connectivity index (χ1v) is 7.17. The van der Waals surface area contributed by atoms with Crippen LogP contribution in [0.3, 0.4) is 0 Å². The third-order valence-electron chi connectivity index (χ3n) is 3.64. The number of ether oxygens (including phenoxy) is 1. The Morgan fingerprint density at radius 1 is 1.22 bits per heavy atom. The minimum Gasteiger partial charge on any atom is -0.496 e. The molecule has 1 atom stereocenters. The largest absolute Gasteiger partial charge is 0.496 e. The molecule has 0 bridgehead atoms. The van der Waals surface area contributed by atoms with Gasteiger partial charge in [-0.05, 0) is 42.2 Å². The molecule has 0 aliphatic rings. The lowest BCUT2D eigenvalue weighted by atomic mass is 9.95. The summed E-state index contributed by atoms with van der Waals surface area (Å²) in [7, 11) is 1.59. The first kappa shape index (κ1) is 16.6. The average molecular weight is 318 g/mol. The Hall–Kier alpha value is -2.76. The zero-order valence-corrected chi connectivity index (χ0v) is 12.9. The molecule has 0 aliphatic carbocycles. The minimum absolute atomic E-state index is 0.128. The molecule has 122 valence electrons. The lowest BCUT2D eigenvalue weighted by molar-refractivity contribution is -0.139. The Labute approximate surface area is 133 Å². The number of benzene rings is 1. The average Bonchev–Trinajstić information content (AvgIpc) is 3.01. The predicted octanol–water partition coefficient (Wildman–Crippen LogP) is 2.96. The van der Waals surface area contributed by atoms with Crippen LogP contribution in [0.2, 0.25) is 0 Å². The quantitative estimate of drug-likeness (QED) is 0.814. The molecule has 2 aromatic rings. The maximum Gasteiger partial charge on any atom is 0.371 e. The fourth-order valence-corrected chi connectivity index (χ4v) is 2.44. The van der Waals surface area contributed by atoms with Gasteiger partial charge in [0, 0.05) is 0 Å². The molecule has 1 unspecified atom stereocenters. The monoisotopic (exact) mass is 318 g/mol. The highest BCUT2D eigenvalue weighted by Crippen LogP contribution is 2.27. The van der Waals surface area contributed by atoms with Crippen molar-refractivity contribution < 1.29 is 29.0 Å². The molecule has 0 aliphatic heterocycles. The standard InChI is InChI=1S/C17H18O6/c1-3-11-8-10(4-5-13(11)22-2)9-12(16(18)19)14-6-7-15(23-14)17(20)21/h4-8,12H,3,9H2,1-2H3,(H,18,19)(H,20,21). The molecular weight excluding hydrogens is 300 g/mol. The van der Waals surface area contributed by atoms with Crippen LogP contribution >= 0.6 is 0 Å². The number of hydrogen-bond donors (Lipinski definition) is 2. The van der Waals surface area contributed by atoms with E-state index < -0.39 is 17.9 Å². The maximum atomic E-state index is 11.5. The summed E-state index contributed by atoms with van der Waals surface area (Å²) in [5.74, 6) is -2.61. The van der Waals surface area contributed by atoms with E-state index >= 15 is 0 Å². The summed E-state index contributed by atoms with van der Waals surface area (Å²) in [6.45, 7) is 1.99. The van der Waals surface area contributed by atoms with Crippen LogP contribution in [0.1, 0.15) is 40.3 Å². The molecule has 6 nitrogen and oxygen atoms in total. The van der Waals surface area contributed by atoms with E-state index in [1.165, 1.54) is 12.1 Å². The van der Waals surface area contributed by atoms with Gasteiger partial charge in [-0.3, -0.25) is 4.79 Å². The molecule has 1 heterocycles. The zero-order chi connectivity index (χ0) is 17.0. The molecule has 1 aromatic carbocycles. The molecule has 0 spiro atoms. The summed E-state index contributed by atoms with van der Waals surface area (Å²) in [6, 6.07) is 8.16. The molecule has 2 rings (SSSR count). The van der Waals surface area contributed by atoms with E-state index in [2.05, 4.69) is 0 Å². The van der Waals surface area contributed by atoms with Crippen molar-refractivity contribution >= 4 is 11.9 Å². The van der Waals surface area contributed by atoms with Gasteiger partial charge in [0.2, 0.25) is 5.76 Å². The van der Waals surface area contributed by atoms with Crippen molar-refractivity contribution in [1.82, 2.24) is 0 Å². The minimum atomic E-state index is -1.22. The highest BCUT2D eigenvalue weighted by Gasteiger charge is 2.25. The summed E-state index contributed by atoms with van der Waals surface area (Å²) in [4.78, 5) is 22.4. The Morgan fingerprint density at radius 3 is 2.48 bits per heavy atom. The molecule has 6 heteroatoms. The molecular formula is C17H18O6. The second kappa shape index (κ2) is 7.00. The van der Waals surface area contributed by atoms with Gasteiger partial charge in [-0.2, -0.15) is 0 Å². The lowest BCUT2D eigenvalue weighted by Gasteiger charge is -2.13. The number of methoxy groups -OCH3 is 1. The molecule has 0 amide bonds. The third kappa shape index (κ3) is 3.71. The van der Waals surface area contributed by atoms with Crippen LogP contribution in [0.4, 0.5) is 0 Å². The van der Waals surface area contributed by atoms with Gasteiger partial charge in [-0.1, -0.05) is 19.1 Å². The first-order valence-electron chi connectivity index (χ1n) is 7.17. The van der Waals surface area contributed by atoms with Crippen molar-refractivity contribution in [1.29, 1.82) is 0 Å². The van der Waals surface area contributed by atoms with E-state index in [9.17, 15) is 14.7 Å². The zero-order valence-electron chi connectivity index (χ0n) is 12.9. The van der Waals surface area contributed by atoms with Crippen LogP contribution in [0.5, 0.6) is 5.75 Å². The molecule has 0 radical (unpaired) electrons. The molecule has 23 heavy (non-hydrogen) atoms. The molecule has 0 saturated heterocycles. The third-order valence-corrected chi connectivity index (χ3v) is 3.64. The van der Waals surface area contributed by atoms with Gasteiger partial charge in [-0.15, -0.1) is 0 Å². The Bertz CT molecular complexity index is 716. The van der Waals surface area contributed by atoms with Crippen molar-refractivity contribution in [2.75, 3.05) is 7.11 Å². The SMILES string of the molecule is CCc1cc(CC(C(=O)O)c2ccc(C(=O)O)o2)ccc1OC. The van der Waals surface area contributed by atoms with Gasteiger partial charge in [0.05, 0.1) is 7.11 Å². The fraction of sp³-hybridized carbons (Fsp3) is 0.294. The fourth-order valence-electron chi connectivity index (χ4n) is 2.44. The normalized spacial score (nSPS) is 11.9. The van der Waals surface area contributed by atoms with Crippen molar-refractivity contribution in [3.63, 3.8) is 0 Å². The predicted molar refractivity (Wildman–Crippen MR) is 82.1 cm³/mol. The number of hydrogen-bond acceptors (Lipinski definition) is 4. The summed E-state index contributed by atoms with van der Waals surface area (Å²) in [5.41, 5.74) is 1.81. The van der Waals surface area contributed by atoms with E-state index in [1.54, 1.807) is 19.2 Å².